The van der Waals surface area contributed by atoms with Crippen LogP contribution >= 0.6 is 0 Å². The Labute approximate surface area is 107 Å². The molecule has 96 valence electrons. The highest BCUT2D eigenvalue weighted by atomic mass is 16.3. The second kappa shape index (κ2) is 4.13. The molecule has 0 aliphatic rings. The largest absolute Gasteiger partial charge is 0.504 e. The molecule has 1 aromatic carbocycles. The fourth-order valence-electron chi connectivity index (χ4n) is 1.83. The van der Waals surface area contributed by atoms with Gasteiger partial charge in [-0.05, 0) is 6.07 Å². The first-order valence-electron chi connectivity index (χ1n) is 5.58. The van der Waals surface area contributed by atoms with Gasteiger partial charge in [0.1, 0.15) is 5.69 Å². The topological polar surface area (TPSA) is 98.8 Å². The summed E-state index contributed by atoms with van der Waals surface area (Å²) in [4.78, 5) is 2.94. The number of aromatic nitrogens is 3. The SMILES string of the molecule is Cn1nccc1N=Nc1c(O)c(O)cc2[nH]ccc12. The first-order valence-corrected chi connectivity index (χ1v) is 5.58. The van der Waals surface area contributed by atoms with Crippen LogP contribution in [0.25, 0.3) is 10.9 Å². The Kier molecular flexibility index (Phi) is 2.45. The number of aryl methyl sites for hydroxylation is 1. The fourth-order valence-corrected chi connectivity index (χ4v) is 1.83. The quantitative estimate of drug-likeness (QED) is 0.486. The first kappa shape index (κ1) is 11.3. The van der Waals surface area contributed by atoms with Crippen LogP contribution in [-0.4, -0.2) is 25.0 Å². The summed E-state index contributed by atoms with van der Waals surface area (Å²) in [6.07, 6.45) is 3.30. The number of nitrogens with zero attached hydrogens (tertiary/aromatic N) is 4. The number of rotatable bonds is 2. The monoisotopic (exact) mass is 257 g/mol. The van der Waals surface area contributed by atoms with Crippen molar-refractivity contribution in [1.29, 1.82) is 0 Å². The van der Waals surface area contributed by atoms with E-state index in [1.807, 2.05) is 0 Å². The first-order chi connectivity index (χ1) is 9.16. The van der Waals surface area contributed by atoms with Gasteiger partial charge in [0, 0.05) is 30.8 Å². The molecule has 0 bridgehead atoms. The van der Waals surface area contributed by atoms with Crippen LogP contribution in [0.4, 0.5) is 11.5 Å². The second-order valence-corrected chi connectivity index (χ2v) is 4.04. The van der Waals surface area contributed by atoms with E-state index in [0.717, 1.165) is 0 Å². The van der Waals surface area contributed by atoms with Gasteiger partial charge in [-0.3, -0.25) is 0 Å². The lowest BCUT2D eigenvalue weighted by atomic mass is 10.2. The molecule has 3 rings (SSSR count). The maximum Gasteiger partial charge on any atom is 0.186 e. The van der Waals surface area contributed by atoms with Gasteiger partial charge >= 0.3 is 0 Å². The van der Waals surface area contributed by atoms with Gasteiger partial charge in [0.05, 0.1) is 11.7 Å². The molecule has 3 aromatic rings. The molecule has 0 atom stereocenters. The predicted octanol–water partition coefficient (Wildman–Crippen LogP) is 2.73. The van der Waals surface area contributed by atoms with Gasteiger partial charge < -0.3 is 15.2 Å². The van der Waals surface area contributed by atoms with Gasteiger partial charge in [-0.15, -0.1) is 10.2 Å². The van der Waals surface area contributed by atoms with E-state index in [4.69, 9.17) is 0 Å². The minimum absolute atomic E-state index is 0.220. The number of aromatic hydroxyl groups is 2. The number of azo groups is 1. The summed E-state index contributed by atoms with van der Waals surface area (Å²) in [6, 6.07) is 4.89. The Bertz CT molecular complexity index is 772. The second-order valence-electron chi connectivity index (χ2n) is 4.04. The number of phenols is 2. The predicted molar refractivity (Wildman–Crippen MR) is 69.0 cm³/mol. The molecule has 0 radical (unpaired) electrons. The molecule has 0 saturated carbocycles. The normalized spacial score (nSPS) is 11.6. The number of fused-ring (bicyclic) bond motifs is 1. The van der Waals surface area contributed by atoms with E-state index in [0.29, 0.717) is 16.7 Å². The molecule has 0 aliphatic heterocycles. The molecule has 7 heteroatoms. The molecule has 0 fully saturated rings. The zero-order valence-electron chi connectivity index (χ0n) is 10.1. The molecule has 0 amide bonds. The van der Waals surface area contributed by atoms with Crippen LogP contribution in [0.5, 0.6) is 11.5 Å². The summed E-state index contributed by atoms with van der Waals surface area (Å²) >= 11 is 0. The summed E-state index contributed by atoms with van der Waals surface area (Å²) in [5.41, 5.74) is 0.895. The average Bonchev–Trinajstić information content (AvgIpc) is 2.99. The van der Waals surface area contributed by atoms with Crippen molar-refractivity contribution in [3.8, 4) is 11.5 Å². The van der Waals surface area contributed by atoms with Crippen molar-refractivity contribution in [3.63, 3.8) is 0 Å². The highest BCUT2D eigenvalue weighted by molar-refractivity contribution is 5.95. The third kappa shape index (κ3) is 1.81. The molecule has 0 spiro atoms. The van der Waals surface area contributed by atoms with Gasteiger partial charge in [-0.2, -0.15) is 5.10 Å². The Balaban J connectivity index is 2.14. The number of hydrogen-bond donors (Lipinski definition) is 3. The molecular weight excluding hydrogens is 246 g/mol. The average molecular weight is 257 g/mol. The lowest BCUT2D eigenvalue weighted by Gasteiger charge is -2.02. The Morgan fingerprint density at radius 2 is 2.11 bits per heavy atom. The molecule has 19 heavy (non-hydrogen) atoms. The minimum Gasteiger partial charge on any atom is -0.504 e. The standard InChI is InChI=1S/C12H11N5O2/c1-17-10(3-5-14-17)15-16-11-7-2-4-13-8(7)6-9(18)12(11)19/h2-6,13,18-19H,1H3. The van der Waals surface area contributed by atoms with Gasteiger partial charge in [-0.25, -0.2) is 4.68 Å². The summed E-state index contributed by atoms with van der Waals surface area (Å²) in [7, 11) is 1.74. The third-order valence-electron chi connectivity index (χ3n) is 2.83. The van der Waals surface area contributed by atoms with Crippen LogP contribution in [-0.2, 0) is 7.05 Å². The number of phenolic OH excluding ortho intramolecular Hbond substituents is 2. The molecule has 3 N–H and O–H groups in total. The summed E-state index contributed by atoms with van der Waals surface area (Å²) in [5, 5.41) is 32.2. The van der Waals surface area contributed by atoms with Crippen LogP contribution < -0.4 is 0 Å². The Hall–Kier alpha value is -2.83. The van der Waals surface area contributed by atoms with Gasteiger partial charge in [0.2, 0.25) is 0 Å². The van der Waals surface area contributed by atoms with Crippen LogP contribution in [0, 0.1) is 0 Å². The van der Waals surface area contributed by atoms with Crippen molar-refractivity contribution < 1.29 is 10.2 Å². The maximum atomic E-state index is 9.87. The zero-order valence-corrected chi connectivity index (χ0v) is 10.1. The van der Waals surface area contributed by atoms with Crippen LogP contribution in [0.3, 0.4) is 0 Å². The van der Waals surface area contributed by atoms with E-state index in [2.05, 4.69) is 20.3 Å². The van der Waals surface area contributed by atoms with E-state index in [1.54, 1.807) is 36.3 Å². The van der Waals surface area contributed by atoms with E-state index in [-0.39, 0.29) is 17.2 Å². The number of hydrogen-bond acceptors (Lipinski definition) is 5. The molecule has 0 aliphatic carbocycles. The van der Waals surface area contributed by atoms with Gasteiger partial charge in [0.15, 0.2) is 17.3 Å². The maximum absolute atomic E-state index is 9.87. The summed E-state index contributed by atoms with van der Waals surface area (Å²) < 4.78 is 1.55. The number of nitrogens with one attached hydrogen (secondary N) is 1. The smallest absolute Gasteiger partial charge is 0.186 e. The van der Waals surface area contributed by atoms with E-state index >= 15 is 0 Å². The fraction of sp³-hybridized carbons (Fsp3) is 0.0833. The highest BCUT2D eigenvalue weighted by Crippen LogP contribution is 2.42. The minimum atomic E-state index is -0.294. The highest BCUT2D eigenvalue weighted by Gasteiger charge is 2.12. The van der Waals surface area contributed by atoms with E-state index in [9.17, 15) is 10.2 Å². The van der Waals surface area contributed by atoms with Crippen molar-refractivity contribution in [2.45, 2.75) is 0 Å². The number of H-pyrrole nitrogens is 1. The molecule has 0 saturated heterocycles. The molecule has 7 nitrogen and oxygen atoms in total. The van der Waals surface area contributed by atoms with Gasteiger partial charge in [-0.1, -0.05) is 0 Å². The van der Waals surface area contributed by atoms with Crippen molar-refractivity contribution in [3.05, 3.63) is 30.6 Å². The zero-order chi connectivity index (χ0) is 13.4. The van der Waals surface area contributed by atoms with Crippen molar-refractivity contribution in [1.82, 2.24) is 14.8 Å². The number of aromatic amines is 1. The van der Waals surface area contributed by atoms with Crippen LogP contribution in [0.15, 0.2) is 40.8 Å². The molecule has 0 unspecified atom stereocenters. The van der Waals surface area contributed by atoms with Crippen molar-refractivity contribution in [2.75, 3.05) is 0 Å². The van der Waals surface area contributed by atoms with E-state index < -0.39 is 0 Å². The van der Waals surface area contributed by atoms with E-state index in [1.165, 1.54) is 6.07 Å². The Morgan fingerprint density at radius 3 is 2.84 bits per heavy atom. The van der Waals surface area contributed by atoms with Crippen molar-refractivity contribution in [2.24, 2.45) is 17.3 Å². The molecule has 2 aromatic heterocycles. The van der Waals surface area contributed by atoms with Gasteiger partial charge in [0.25, 0.3) is 0 Å². The van der Waals surface area contributed by atoms with Crippen LogP contribution in [0.1, 0.15) is 0 Å². The summed E-state index contributed by atoms with van der Waals surface area (Å²) in [6.45, 7) is 0. The molecular formula is C12H11N5O2. The number of benzene rings is 1. The van der Waals surface area contributed by atoms with Crippen molar-refractivity contribution >= 4 is 22.4 Å². The molecule has 2 heterocycles. The summed E-state index contributed by atoms with van der Waals surface area (Å²) in [5.74, 6) is 0.0124. The third-order valence-corrected chi connectivity index (χ3v) is 2.83. The Morgan fingerprint density at radius 1 is 1.26 bits per heavy atom. The lowest BCUT2D eigenvalue weighted by molar-refractivity contribution is 0.405. The van der Waals surface area contributed by atoms with Crippen LogP contribution in [0.2, 0.25) is 0 Å². The lowest BCUT2D eigenvalue weighted by Crippen LogP contribution is -1.86.